The summed E-state index contributed by atoms with van der Waals surface area (Å²) in [7, 11) is 1.62. The number of fused-ring (bicyclic) bond motifs is 1. The highest BCUT2D eigenvalue weighted by atomic mass is 32.2. The number of carbonyl (C=O) groups is 1. The summed E-state index contributed by atoms with van der Waals surface area (Å²) in [5.74, 6) is -0.339. The average Bonchev–Trinajstić information content (AvgIpc) is 3.21. The van der Waals surface area contributed by atoms with Crippen LogP contribution in [-0.2, 0) is 11.8 Å². The number of benzene rings is 2. The van der Waals surface area contributed by atoms with Gasteiger partial charge in [0.15, 0.2) is 5.16 Å². The Balaban J connectivity index is 1.54. The molecule has 0 spiro atoms. The van der Waals surface area contributed by atoms with Crippen molar-refractivity contribution in [3.8, 4) is 10.4 Å². The highest BCUT2D eigenvalue weighted by Crippen LogP contribution is 2.32. The number of thioether (sulfide) groups is 1. The fourth-order valence-corrected chi connectivity index (χ4v) is 4.95. The fraction of sp³-hybridized carbons (Fsp3) is 0.136. The van der Waals surface area contributed by atoms with Crippen molar-refractivity contribution < 1.29 is 9.72 Å². The molecule has 32 heavy (non-hydrogen) atoms. The standard InChI is InChI=1S/C22H18N4O4S2/c1-13-8-9-15(26(29)30)10-17(13)23-19(27)12-31-22-24-20-16(21(28)25(22)2)11-18(32-20)14-6-4-3-5-7-14/h3-11H,12H2,1-2H3,(H,23,27). The molecule has 4 aromatic rings. The number of aromatic nitrogens is 2. The van der Waals surface area contributed by atoms with Crippen LogP contribution in [0.5, 0.6) is 0 Å². The zero-order chi connectivity index (χ0) is 22.8. The summed E-state index contributed by atoms with van der Waals surface area (Å²) >= 11 is 2.57. The largest absolute Gasteiger partial charge is 0.325 e. The van der Waals surface area contributed by atoms with Crippen LogP contribution in [0.2, 0.25) is 0 Å². The van der Waals surface area contributed by atoms with Crippen LogP contribution in [0, 0.1) is 17.0 Å². The van der Waals surface area contributed by atoms with Crippen molar-refractivity contribution in [1.82, 2.24) is 9.55 Å². The van der Waals surface area contributed by atoms with Gasteiger partial charge >= 0.3 is 0 Å². The third-order valence-corrected chi connectivity index (χ3v) is 6.94. The molecule has 1 N–H and O–H groups in total. The molecule has 0 fully saturated rings. The third kappa shape index (κ3) is 4.41. The Hall–Kier alpha value is -3.50. The first-order valence-corrected chi connectivity index (χ1v) is 11.4. The molecular formula is C22H18N4O4S2. The fourth-order valence-electron chi connectivity index (χ4n) is 3.10. The molecule has 2 aromatic heterocycles. The van der Waals surface area contributed by atoms with Crippen LogP contribution in [-0.4, -0.2) is 26.1 Å². The summed E-state index contributed by atoms with van der Waals surface area (Å²) in [5.41, 5.74) is 1.84. The third-order valence-electron chi connectivity index (χ3n) is 4.83. The van der Waals surface area contributed by atoms with Crippen molar-refractivity contribution in [3.63, 3.8) is 0 Å². The summed E-state index contributed by atoms with van der Waals surface area (Å²) in [4.78, 5) is 41.9. The van der Waals surface area contributed by atoms with E-state index in [1.807, 2.05) is 36.4 Å². The molecule has 0 saturated carbocycles. The Morgan fingerprint density at radius 3 is 2.69 bits per heavy atom. The lowest BCUT2D eigenvalue weighted by Crippen LogP contribution is -2.21. The van der Waals surface area contributed by atoms with Gasteiger partial charge < -0.3 is 5.32 Å². The number of carbonyl (C=O) groups excluding carboxylic acids is 1. The van der Waals surface area contributed by atoms with E-state index in [0.29, 0.717) is 26.6 Å². The summed E-state index contributed by atoms with van der Waals surface area (Å²) < 4.78 is 1.43. The summed E-state index contributed by atoms with van der Waals surface area (Å²) in [6, 6.07) is 15.9. The SMILES string of the molecule is Cc1ccc([N+](=O)[O-])cc1NC(=O)CSc1nc2sc(-c3ccccc3)cc2c(=O)n1C. The van der Waals surface area contributed by atoms with Crippen LogP contribution in [0.3, 0.4) is 0 Å². The van der Waals surface area contributed by atoms with E-state index in [1.165, 1.54) is 28.0 Å². The van der Waals surface area contributed by atoms with Gasteiger partial charge in [-0.3, -0.25) is 24.3 Å². The van der Waals surface area contributed by atoms with Crippen molar-refractivity contribution in [3.05, 3.63) is 80.6 Å². The van der Waals surface area contributed by atoms with Crippen LogP contribution in [0.25, 0.3) is 20.7 Å². The molecule has 162 valence electrons. The number of nitro benzene ring substituents is 1. The molecule has 0 radical (unpaired) electrons. The number of rotatable bonds is 6. The Labute approximate surface area is 191 Å². The predicted octanol–water partition coefficient (Wildman–Crippen LogP) is 4.61. The Morgan fingerprint density at radius 2 is 1.97 bits per heavy atom. The van der Waals surface area contributed by atoms with Gasteiger partial charge in [-0.2, -0.15) is 0 Å². The molecular weight excluding hydrogens is 448 g/mol. The molecule has 0 saturated heterocycles. The van der Waals surface area contributed by atoms with Gasteiger partial charge in [0.1, 0.15) is 4.83 Å². The number of hydrogen-bond donors (Lipinski definition) is 1. The van der Waals surface area contributed by atoms with Crippen molar-refractivity contribution in [2.45, 2.75) is 12.1 Å². The van der Waals surface area contributed by atoms with E-state index in [1.54, 1.807) is 20.0 Å². The number of hydrogen-bond acceptors (Lipinski definition) is 7. The van der Waals surface area contributed by atoms with Crippen molar-refractivity contribution in [2.24, 2.45) is 7.05 Å². The first kappa shape index (κ1) is 21.7. The van der Waals surface area contributed by atoms with Gasteiger partial charge in [-0.05, 0) is 24.1 Å². The van der Waals surface area contributed by atoms with Gasteiger partial charge in [0.25, 0.3) is 11.2 Å². The molecule has 1 amide bonds. The molecule has 0 unspecified atom stereocenters. The van der Waals surface area contributed by atoms with Crippen LogP contribution in [0.1, 0.15) is 5.56 Å². The maximum atomic E-state index is 12.8. The van der Waals surface area contributed by atoms with Crippen LogP contribution >= 0.6 is 23.1 Å². The van der Waals surface area contributed by atoms with Crippen molar-refractivity contribution >= 4 is 50.6 Å². The molecule has 8 nitrogen and oxygen atoms in total. The van der Waals surface area contributed by atoms with E-state index >= 15 is 0 Å². The lowest BCUT2D eigenvalue weighted by atomic mass is 10.2. The van der Waals surface area contributed by atoms with Gasteiger partial charge in [-0.15, -0.1) is 11.3 Å². The van der Waals surface area contributed by atoms with Crippen LogP contribution in [0.15, 0.2) is 64.5 Å². The number of aryl methyl sites for hydroxylation is 1. The average molecular weight is 467 g/mol. The Bertz CT molecular complexity index is 1400. The van der Waals surface area contributed by atoms with Gasteiger partial charge in [0.2, 0.25) is 5.91 Å². The highest BCUT2D eigenvalue weighted by molar-refractivity contribution is 7.99. The second-order valence-electron chi connectivity index (χ2n) is 7.05. The van der Waals surface area contributed by atoms with Gasteiger partial charge in [-0.25, -0.2) is 4.98 Å². The summed E-state index contributed by atoms with van der Waals surface area (Å²) in [5, 5.41) is 14.6. The molecule has 10 heteroatoms. The number of nitro groups is 1. The molecule has 2 aromatic carbocycles. The summed E-state index contributed by atoms with van der Waals surface area (Å²) in [6.45, 7) is 1.76. The number of anilines is 1. The first-order valence-electron chi connectivity index (χ1n) is 9.57. The lowest BCUT2D eigenvalue weighted by Gasteiger charge is -2.09. The van der Waals surface area contributed by atoms with E-state index in [2.05, 4.69) is 10.3 Å². The number of non-ortho nitro benzene ring substituents is 1. The smallest absolute Gasteiger partial charge is 0.271 e. The highest BCUT2D eigenvalue weighted by Gasteiger charge is 2.16. The Kier molecular flexibility index (Phi) is 6.06. The van der Waals surface area contributed by atoms with Crippen LogP contribution in [0.4, 0.5) is 11.4 Å². The van der Waals surface area contributed by atoms with Crippen LogP contribution < -0.4 is 10.9 Å². The van der Waals surface area contributed by atoms with Crippen molar-refractivity contribution in [2.75, 3.05) is 11.1 Å². The number of nitrogens with zero attached hydrogens (tertiary/aromatic N) is 3. The molecule has 0 aliphatic rings. The first-order chi connectivity index (χ1) is 15.3. The Morgan fingerprint density at radius 1 is 1.22 bits per heavy atom. The number of nitrogens with one attached hydrogen (secondary N) is 1. The molecule has 0 aliphatic heterocycles. The molecule has 0 bridgehead atoms. The lowest BCUT2D eigenvalue weighted by molar-refractivity contribution is -0.384. The molecule has 0 aliphatic carbocycles. The molecule has 2 heterocycles. The summed E-state index contributed by atoms with van der Waals surface area (Å²) in [6.07, 6.45) is 0. The van der Waals surface area contributed by atoms with E-state index in [-0.39, 0.29) is 22.9 Å². The quantitative estimate of drug-likeness (QED) is 0.192. The van der Waals surface area contributed by atoms with E-state index < -0.39 is 4.92 Å². The van der Waals surface area contributed by atoms with Gasteiger partial charge in [-0.1, -0.05) is 48.2 Å². The normalized spacial score (nSPS) is 10.9. The number of thiophene rings is 1. The minimum absolute atomic E-state index is 0.00480. The monoisotopic (exact) mass is 466 g/mol. The van der Waals surface area contributed by atoms with Gasteiger partial charge in [0, 0.05) is 24.1 Å². The minimum Gasteiger partial charge on any atom is -0.325 e. The maximum Gasteiger partial charge on any atom is 0.271 e. The predicted molar refractivity (Wildman–Crippen MR) is 127 cm³/mol. The van der Waals surface area contributed by atoms with E-state index in [4.69, 9.17) is 0 Å². The minimum atomic E-state index is -0.510. The second kappa shape index (κ2) is 8.93. The van der Waals surface area contributed by atoms with E-state index in [9.17, 15) is 19.7 Å². The van der Waals surface area contributed by atoms with E-state index in [0.717, 1.165) is 22.2 Å². The molecule has 0 atom stereocenters. The topological polar surface area (TPSA) is 107 Å². The van der Waals surface area contributed by atoms with Gasteiger partial charge in [0.05, 0.1) is 21.7 Å². The zero-order valence-corrected chi connectivity index (χ0v) is 18.8. The zero-order valence-electron chi connectivity index (χ0n) is 17.2. The second-order valence-corrected chi connectivity index (χ2v) is 9.02. The number of amides is 1. The van der Waals surface area contributed by atoms with Crippen molar-refractivity contribution in [1.29, 1.82) is 0 Å². The maximum absolute atomic E-state index is 12.8. The molecule has 4 rings (SSSR count).